The van der Waals surface area contributed by atoms with Crippen LogP contribution in [-0.4, -0.2) is 28.6 Å². The van der Waals surface area contributed by atoms with Crippen LogP contribution in [0.25, 0.3) is 11.3 Å². The van der Waals surface area contributed by atoms with Gasteiger partial charge in [0.1, 0.15) is 0 Å². The third kappa shape index (κ3) is 3.74. The van der Waals surface area contributed by atoms with Crippen LogP contribution in [0.15, 0.2) is 48.5 Å². The van der Waals surface area contributed by atoms with Gasteiger partial charge in [0.05, 0.1) is 16.9 Å². The Kier molecular flexibility index (Phi) is 5.07. The van der Waals surface area contributed by atoms with Gasteiger partial charge in [0.2, 0.25) is 0 Å². The van der Waals surface area contributed by atoms with E-state index in [0.717, 1.165) is 11.3 Å². The Hall–Kier alpha value is -3.41. The number of para-hydroxylation sites is 1. The summed E-state index contributed by atoms with van der Waals surface area (Å²) in [4.78, 5) is 24.6. The highest BCUT2D eigenvalue weighted by atomic mass is 16.2. The van der Waals surface area contributed by atoms with Crippen LogP contribution in [0.1, 0.15) is 32.0 Å². The molecule has 0 aliphatic carbocycles. The molecule has 2 aromatic carbocycles. The lowest BCUT2D eigenvalue weighted by molar-refractivity contribution is 0.0964. The Balaban J connectivity index is 1.89. The van der Waals surface area contributed by atoms with Crippen molar-refractivity contribution in [2.24, 2.45) is 7.05 Å². The Bertz CT molecular complexity index is 1020. The molecule has 0 aliphatic rings. The van der Waals surface area contributed by atoms with Gasteiger partial charge in [-0.15, -0.1) is 0 Å². The van der Waals surface area contributed by atoms with Crippen molar-refractivity contribution in [1.29, 1.82) is 0 Å². The lowest BCUT2D eigenvalue weighted by Gasteiger charge is -2.08. The highest BCUT2D eigenvalue weighted by Gasteiger charge is 2.17. The van der Waals surface area contributed by atoms with Crippen LogP contribution in [0.2, 0.25) is 0 Å². The first-order valence-corrected chi connectivity index (χ1v) is 8.65. The number of hydrogen-bond donors (Lipinski definition) is 2. The van der Waals surface area contributed by atoms with E-state index in [9.17, 15) is 9.59 Å². The summed E-state index contributed by atoms with van der Waals surface area (Å²) in [5, 5.41) is 9.68. The predicted octanol–water partition coefficient (Wildman–Crippen LogP) is 3.32. The molecule has 0 atom stereocenters. The van der Waals surface area contributed by atoms with E-state index < -0.39 is 0 Å². The molecule has 0 unspecified atom stereocenters. The number of carbonyl (C=O) groups excluding carboxylic acids is 2. The van der Waals surface area contributed by atoms with Crippen LogP contribution in [-0.2, 0) is 7.05 Å². The van der Waals surface area contributed by atoms with E-state index >= 15 is 0 Å². The van der Waals surface area contributed by atoms with Crippen LogP contribution >= 0.6 is 0 Å². The SMILES string of the molecule is CNC(=O)c1ccccc1NC(=O)c1cc(-c2ccc(C)c(C)c2)n(C)n1. The number of carbonyl (C=O) groups is 2. The number of amides is 2. The maximum atomic E-state index is 12.7. The Labute approximate surface area is 158 Å². The predicted molar refractivity (Wildman–Crippen MR) is 106 cm³/mol. The summed E-state index contributed by atoms with van der Waals surface area (Å²) in [6.45, 7) is 4.11. The molecule has 3 aromatic rings. The number of anilines is 1. The number of hydrogen-bond acceptors (Lipinski definition) is 3. The minimum atomic E-state index is -0.364. The van der Waals surface area contributed by atoms with E-state index in [4.69, 9.17) is 0 Å². The summed E-state index contributed by atoms with van der Waals surface area (Å²) in [6.07, 6.45) is 0. The zero-order chi connectivity index (χ0) is 19.6. The first-order chi connectivity index (χ1) is 12.9. The number of benzene rings is 2. The molecule has 6 heteroatoms. The molecule has 6 nitrogen and oxygen atoms in total. The van der Waals surface area contributed by atoms with Gasteiger partial charge in [-0.25, -0.2) is 0 Å². The molecule has 1 aromatic heterocycles. The number of rotatable bonds is 4. The fourth-order valence-electron chi connectivity index (χ4n) is 2.86. The summed E-state index contributed by atoms with van der Waals surface area (Å²) in [6, 6.07) is 14.8. The number of nitrogens with zero attached hydrogens (tertiary/aromatic N) is 2. The Morgan fingerprint density at radius 2 is 1.70 bits per heavy atom. The van der Waals surface area contributed by atoms with Crippen LogP contribution in [0, 0.1) is 13.8 Å². The van der Waals surface area contributed by atoms with Gasteiger partial charge in [-0.3, -0.25) is 14.3 Å². The van der Waals surface area contributed by atoms with Crippen LogP contribution < -0.4 is 10.6 Å². The maximum absolute atomic E-state index is 12.7. The second-order valence-electron chi connectivity index (χ2n) is 6.42. The fraction of sp³-hybridized carbons (Fsp3) is 0.190. The summed E-state index contributed by atoms with van der Waals surface area (Å²) < 4.78 is 1.68. The van der Waals surface area contributed by atoms with Crippen molar-refractivity contribution in [2.75, 3.05) is 12.4 Å². The van der Waals surface area contributed by atoms with Crippen LogP contribution in [0.4, 0.5) is 5.69 Å². The lowest BCUT2D eigenvalue weighted by atomic mass is 10.0. The molecule has 0 saturated heterocycles. The zero-order valence-corrected chi connectivity index (χ0v) is 15.8. The van der Waals surface area contributed by atoms with Crippen molar-refractivity contribution < 1.29 is 9.59 Å². The molecule has 0 bridgehead atoms. The van der Waals surface area contributed by atoms with Gasteiger partial charge >= 0.3 is 0 Å². The van der Waals surface area contributed by atoms with Crippen molar-refractivity contribution >= 4 is 17.5 Å². The van der Waals surface area contributed by atoms with Crippen molar-refractivity contribution in [3.05, 3.63) is 70.9 Å². The van der Waals surface area contributed by atoms with Gasteiger partial charge < -0.3 is 10.6 Å². The van der Waals surface area contributed by atoms with Gasteiger partial charge in [-0.1, -0.05) is 24.3 Å². The molecule has 0 spiro atoms. The van der Waals surface area contributed by atoms with Gasteiger partial charge in [0.15, 0.2) is 5.69 Å². The fourth-order valence-corrected chi connectivity index (χ4v) is 2.86. The highest BCUT2D eigenvalue weighted by molar-refractivity contribution is 6.08. The van der Waals surface area contributed by atoms with Crippen molar-refractivity contribution in [2.45, 2.75) is 13.8 Å². The lowest BCUT2D eigenvalue weighted by Crippen LogP contribution is -2.21. The molecular weight excluding hydrogens is 340 g/mol. The molecule has 138 valence electrons. The maximum Gasteiger partial charge on any atom is 0.276 e. The van der Waals surface area contributed by atoms with Crippen molar-refractivity contribution in [3.8, 4) is 11.3 Å². The van der Waals surface area contributed by atoms with Crippen LogP contribution in [0.3, 0.4) is 0 Å². The Morgan fingerprint density at radius 1 is 0.963 bits per heavy atom. The zero-order valence-electron chi connectivity index (χ0n) is 15.8. The standard InChI is InChI=1S/C21H22N4O2/c1-13-9-10-15(11-14(13)2)19-12-18(24-25(19)4)21(27)23-17-8-6-5-7-16(17)20(26)22-3/h5-12H,1-4H3,(H,22,26)(H,23,27). The van der Waals surface area contributed by atoms with Crippen LogP contribution in [0.5, 0.6) is 0 Å². The summed E-state index contributed by atoms with van der Waals surface area (Å²) in [5.74, 6) is -0.625. The number of nitrogens with one attached hydrogen (secondary N) is 2. The Morgan fingerprint density at radius 3 is 2.41 bits per heavy atom. The van der Waals surface area contributed by atoms with E-state index in [0.29, 0.717) is 11.3 Å². The molecule has 0 fully saturated rings. The van der Waals surface area contributed by atoms with E-state index in [2.05, 4.69) is 41.7 Å². The molecular formula is C21H22N4O2. The third-order valence-electron chi connectivity index (χ3n) is 4.56. The molecule has 2 amide bonds. The van der Waals surface area contributed by atoms with Crippen molar-refractivity contribution in [3.63, 3.8) is 0 Å². The number of aromatic nitrogens is 2. The quantitative estimate of drug-likeness (QED) is 0.747. The average molecular weight is 362 g/mol. The smallest absolute Gasteiger partial charge is 0.276 e. The topological polar surface area (TPSA) is 76.0 Å². The molecule has 27 heavy (non-hydrogen) atoms. The second-order valence-corrected chi connectivity index (χ2v) is 6.42. The minimum Gasteiger partial charge on any atom is -0.355 e. The summed E-state index contributed by atoms with van der Waals surface area (Å²) in [7, 11) is 3.36. The summed E-state index contributed by atoms with van der Waals surface area (Å²) in [5.41, 5.74) is 5.38. The number of aryl methyl sites for hydroxylation is 3. The van der Waals surface area contributed by atoms with Crippen molar-refractivity contribution in [1.82, 2.24) is 15.1 Å². The van der Waals surface area contributed by atoms with Gasteiger partial charge in [-0.2, -0.15) is 5.10 Å². The second kappa shape index (κ2) is 7.45. The molecule has 1 heterocycles. The average Bonchev–Trinajstić information content (AvgIpc) is 3.05. The first kappa shape index (κ1) is 18.4. The van der Waals surface area contributed by atoms with E-state index in [1.807, 2.05) is 6.07 Å². The molecule has 0 saturated carbocycles. The molecule has 3 rings (SSSR count). The normalized spacial score (nSPS) is 10.5. The van der Waals surface area contributed by atoms with E-state index in [-0.39, 0.29) is 17.5 Å². The van der Waals surface area contributed by atoms with Gasteiger partial charge in [0, 0.05) is 19.7 Å². The summed E-state index contributed by atoms with van der Waals surface area (Å²) >= 11 is 0. The van der Waals surface area contributed by atoms with E-state index in [1.165, 1.54) is 11.1 Å². The largest absolute Gasteiger partial charge is 0.355 e. The van der Waals surface area contributed by atoms with Gasteiger partial charge in [-0.05, 0) is 49.2 Å². The molecule has 0 aliphatic heterocycles. The molecule has 0 radical (unpaired) electrons. The third-order valence-corrected chi connectivity index (χ3v) is 4.56. The van der Waals surface area contributed by atoms with E-state index in [1.54, 1.807) is 49.1 Å². The monoisotopic (exact) mass is 362 g/mol. The highest BCUT2D eigenvalue weighted by Crippen LogP contribution is 2.23. The van der Waals surface area contributed by atoms with Gasteiger partial charge in [0.25, 0.3) is 11.8 Å². The minimum absolute atomic E-state index is 0.261. The molecule has 2 N–H and O–H groups in total. The first-order valence-electron chi connectivity index (χ1n) is 8.65.